The molecule has 0 aliphatic heterocycles. The molecule has 1 heterocycles. The maximum Gasteiger partial charge on any atom is 0.196 e. The maximum absolute atomic E-state index is 11.4. The SMILES string of the molecule is CC(=O)c1nccc(-c2c(C)c(C)cc(C)c2C)n1. The van der Waals surface area contributed by atoms with Crippen molar-refractivity contribution in [3.8, 4) is 11.3 Å². The highest BCUT2D eigenvalue weighted by atomic mass is 16.1. The lowest BCUT2D eigenvalue weighted by molar-refractivity contribution is 0.100. The molecule has 1 aromatic heterocycles. The molecule has 3 heteroatoms. The molecule has 0 aliphatic carbocycles. The van der Waals surface area contributed by atoms with Gasteiger partial charge in [0.25, 0.3) is 0 Å². The van der Waals surface area contributed by atoms with E-state index in [4.69, 9.17) is 0 Å². The largest absolute Gasteiger partial charge is 0.291 e. The zero-order chi connectivity index (χ0) is 14.2. The Hall–Kier alpha value is -2.03. The number of aryl methyl sites for hydroxylation is 2. The third-order valence-corrected chi connectivity index (χ3v) is 3.59. The van der Waals surface area contributed by atoms with E-state index in [1.54, 1.807) is 6.20 Å². The van der Waals surface area contributed by atoms with Crippen molar-refractivity contribution in [2.24, 2.45) is 0 Å². The Balaban J connectivity index is 2.72. The van der Waals surface area contributed by atoms with Gasteiger partial charge in [0.1, 0.15) is 0 Å². The number of aromatic nitrogens is 2. The van der Waals surface area contributed by atoms with E-state index in [1.807, 2.05) is 6.07 Å². The van der Waals surface area contributed by atoms with Crippen LogP contribution in [0.5, 0.6) is 0 Å². The lowest BCUT2D eigenvalue weighted by atomic mass is 9.92. The van der Waals surface area contributed by atoms with Gasteiger partial charge in [0.15, 0.2) is 11.6 Å². The first kappa shape index (κ1) is 13.4. The average Bonchev–Trinajstić information content (AvgIpc) is 2.37. The Bertz CT molecular complexity index is 634. The summed E-state index contributed by atoms with van der Waals surface area (Å²) in [6, 6.07) is 4.04. The maximum atomic E-state index is 11.4. The number of ketones is 1. The first-order chi connectivity index (χ1) is 8.91. The van der Waals surface area contributed by atoms with Gasteiger partial charge in [-0.15, -0.1) is 0 Å². The molecule has 0 saturated heterocycles. The molecule has 2 rings (SSSR count). The van der Waals surface area contributed by atoms with Crippen molar-refractivity contribution in [3.63, 3.8) is 0 Å². The van der Waals surface area contributed by atoms with E-state index < -0.39 is 0 Å². The topological polar surface area (TPSA) is 42.9 Å². The van der Waals surface area contributed by atoms with Gasteiger partial charge in [0.2, 0.25) is 0 Å². The summed E-state index contributed by atoms with van der Waals surface area (Å²) in [6.07, 6.45) is 1.65. The predicted octanol–water partition coefficient (Wildman–Crippen LogP) is 3.58. The van der Waals surface area contributed by atoms with E-state index in [9.17, 15) is 4.79 Å². The Kier molecular flexibility index (Phi) is 3.47. The predicted molar refractivity (Wildman–Crippen MR) is 76.4 cm³/mol. The Morgan fingerprint density at radius 3 is 2.16 bits per heavy atom. The zero-order valence-corrected chi connectivity index (χ0v) is 12.0. The van der Waals surface area contributed by atoms with E-state index >= 15 is 0 Å². The second-order valence-electron chi connectivity index (χ2n) is 4.96. The summed E-state index contributed by atoms with van der Waals surface area (Å²) in [5.74, 6) is 0.164. The van der Waals surface area contributed by atoms with Gasteiger partial charge in [-0.05, 0) is 56.0 Å². The fraction of sp³-hybridized carbons (Fsp3) is 0.312. The first-order valence-corrected chi connectivity index (χ1v) is 6.33. The van der Waals surface area contributed by atoms with Crippen LogP contribution in [-0.2, 0) is 0 Å². The molecule has 0 spiro atoms. The van der Waals surface area contributed by atoms with E-state index in [2.05, 4.69) is 43.7 Å². The number of hydrogen-bond acceptors (Lipinski definition) is 3. The van der Waals surface area contributed by atoms with E-state index in [-0.39, 0.29) is 11.6 Å². The van der Waals surface area contributed by atoms with Crippen LogP contribution in [0.25, 0.3) is 11.3 Å². The molecule has 19 heavy (non-hydrogen) atoms. The van der Waals surface area contributed by atoms with Crippen molar-refractivity contribution in [1.29, 1.82) is 0 Å². The van der Waals surface area contributed by atoms with Crippen molar-refractivity contribution >= 4 is 5.78 Å². The number of benzene rings is 1. The molecular weight excluding hydrogens is 236 g/mol. The minimum Gasteiger partial charge on any atom is -0.291 e. The summed E-state index contributed by atoms with van der Waals surface area (Å²) >= 11 is 0. The van der Waals surface area contributed by atoms with E-state index in [0.717, 1.165) is 11.3 Å². The molecule has 3 nitrogen and oxygen atoms in total. The van der Waals surface area contributed by atoms with Crippen LogP contribution >= 0.6 is 0 Å². The Morgan fingerprint density at radius 1 is 1.05 bits per heavy atom. The van der Waals surface area contributed by atoms with Crippen LogP contribution in [0.4, 0.5) is 0 Å². The Labute approximate surface area is 113 Å². The summed E-state index contributed by atoms with van der Waals surface area (Å²) < 4.78 is 0. The Morgan fingerprint density at radius 2 is 1.63 bits per heavy atom. The van der Waals surface area contributed by atoms with Crippen LogP contribution in [-0.4, -0.2) is 15.8 Å². The summed E-state index contributed by atoms with van der Waals surface area (Å²) in [6.45, 7) is 9.86. The summed E-state index contributed by atoms with van der Waals surface area (Å²) in [4.78, 5) is 19.8. The molecule has 0 bridgehead atoms. The molecule has 0 aliphatic rings. The minimum absolute atomic E-state index is 0.110. The lowest BCUT2D eigenvalue weighted by Gasteiger charge is -2.15. The second-order valence-corrected chi connectivity index (χ2v) is 4.96. The fourth-order valence-corrected chi connectivity index (χ4v) is 2.27. The van der Waals surface area contributed by atoms with Gasteiger partial charge in [-0.2, -0.15) is 0 Å². The first-order valence-electron chi connectivity index (χ1n) is 6.33. The third-order valence-electron chi connectivity index (χ3n) is 3.59. The highest BCUT2D eigenvalue weighted by molar-refractivity contribution is 5.90. The van der Waals surface area contributed by atoms with Crippen molar-refractivity contribution in [2.45, 2.75) is 34.6 Å². The van der Waals surface area contributed by atoms with Gasteiger partial charge >= 0.3 is 0 Å². The van der Waals surface area contributed by atoms with Crippen molar-refractivity contribution in [2.75, 3.05) is 0 Å². The molecule has 1 aromatic carbocycles. The van der Waals surface area contributed by atoms with Gasteiger partial charge in [-0.25, -0.2) is 9.97 Å². The molecule has 0 N–H and O–H groups in total. The van der Waals surface area contributed by atoms with Gasteiger partial charge < -0.3 is 0 Å². The number of hydrogen-bond donors (Lipinski definition) is 0. The average molecular weight is 254 g/mol. The van der Waals surface area contributed by atoms with Crippen LogP contribution in [0.3, 0.4) is 0 Å². The fourth-order valence-electron chi connectivity index (χ4n) is 2.27. The lowest BCUT2D eigenvalue weighted by Crippen LogP contribution is -2.03. The molecule has 0 amide bonds. The van der Waals surface area contributed by atoms with E-state index in [0.29, 0.717) is 0 Å². The highest BCUT2D eigenvalue weighted by Crippen LogP contribution is 2.30. The van der Waals surface area contributed by atoms with Crippen LogP contribution in [0, 0.1) is 27.7 Å². The van der Waals surface area contributed by atoms with Crippen LogP contribution < -0.4 is 0 Å². The number of Topliss-reactive ketones (excluding diaryl/α,β-unsaturated/α-hetero) is 1. The molecule has 0 radical (unpaired) electrons. The highest BCUT2D eigenvalue weighted by Gasteiger charge is 2.13. The standard InChI is InChI=1S/C16H18N2O/c1-9-8-10(2)12(4)15(11(9)3)14-6-7-17-16(18-14)13(5)19/h6-8H,1-5H3. The molecule has 98 valence electrons. The van der Waals surface area contributed by atoms with Crippen LogP contribution in [0.2, 0.25) is 0 Å². The quantitative estimate of drug-likeness (QED) is 0.769. The van der Waals surface area contributed by atoms with Crippen molar-refractivity contribution in [1.82, 2.24) is 9.97 Å². The number of carbonyl (C=O) groups is 1. The molecule has 2 aromatic rings. The van der Waals surface area contributed by atoms with Gasteiger partial charge in [-0.3, -0.25) is 4.79 Å². The summed E-state index contributed by atoms with van der Waals surface area (Å²) in [5, 5.41) is 0. The smallest absolute Gasteiger partial charge is 0.196 e. The van der Waals surface area contributed by atoms with Crippen LogP contribution in [0.1, 0.15) is 39.8 Å². The number of carbonyl (C=O) groups excluding carboxylic acids is 1. The number of nitrogens with zero attached hydrogens (tertiary/aromatic N) is 2. The van der Waals surface area contributed by atoms with Gasteiger partial charge in [0, 0.05) is 18.7 Å². The van der Waals surface area contributed by atoms with Crippen LogP contribution in [0.15, 0.2) is 18.3 Å². The zero-order valence-electron chi connectivity index (χ0n) is 12.0. The van der Waals surface area contributed by atoms with Gasteiger partial charge in [0.05, 0.1) is 5.69 Å². The molecule has 0 saturated carbocycles. The minimum atomic E-state index is -0.110. The van der Waals surface area contributed by atoms with Gasteiger partial charge in [-0.1, -0.05) is 6.07 Å². The molecule has 0 atom stereocenters. The van der Waals surface area contributed by atoms with Crippen molar-refractivity contribution in [3.05, 3.63) is 46.4 Å². The second kappa shape index (κ2) is 4.92. The molecular formula is C16H18N2O. The molecule has 0 fully saturated rings. The third kappa shape index (κ3) is 2.41. The number of rotatable bonds is 2. The van der Waals surface area contributed by atoms with E-state index in [1.165, 1.54) is 29.2 Å². The summed E-state index contributed by atoms with van der Waals surface area (Å²) in [5.41, 5.74) is 6.82. The molecule has 0 unspecified atom stereocenters. The summed E-state index contributed by atoms with van der Waals surface area (Å²) in [7, 11) is 0. The van der Waals surface area contributed by atoms with Crippen molar-refractivity contribution < 1.29 is 4.79 Å². The monoisotopic (exact) mass is 254 g/mol. The normalized spacial score (nSPS) is 10.6.